The van der Waals surface area contributed by atoms with Gasteiger partial charge in [-0.2, -0.15) is 0 Å². The maximum Gasteiger partial charge on any atom is 0.243 e. The molecule has 22 heavy (non-hydrogen) atoms. The Kier molecular flexibility index (Phi) is 13.7. The first kappa shape index (κ1) is 20.7. The third-order valence-electron chi connectivity index (χ3n) is 3.86. The number of nitrogens with one attached hydrogen (secondary N) is 2. The topological polar surface area (TPSA) is 58.2 Å². The van der Waals surface area contributed by atoms with Gasteiger partial charge in [0.05, 0.1) is 0 Å². The molecule has 0 radical (unpaired) electrons. The molecule has 0 fully saturated rings. The average molecular weight is 310 g/mol. The predicted octanol–water partition coefficient (Wildman–Crippen LogP) is 3.57. The number of carbonyl (C=O) groups excluding carboxylic acids is 2. The molecule has 0 bridgehead atoms. The Hall–Kier alpha value is -1.32. The molecule has 0 aromatic heterocycles. The van der Waals surface area contributed by atoms with Gasteiger partial charge in [0.15, 0.2) is 0 Å². The Balaban J connectivity index is 3.90. The lowest BCUT2D eigenvalue weighted by Gasteiger charge is -2.17. The molecule has 1 unspecified atom stereocenters. The fourth-order valence-corrected chi connectivity index (χ4v) is 2.42. The highest BCUT2D eigenvalue weighted by molar-refractivity contribution is 5.87. The summed E-state index contributed by atoms with van der Waals surface area (Å²) in [5, 5.41) is 5.62. The molecule has 0 aliphatic carbocycles. The first-order chi connectivity index (χ1) is 10.6. The summed E-state index contributed by atoms with van der Waals surface area (Å²) in [7, 11) is 0. The van der Waals surface area contributed by atoms with Gasteiger partial charge in [0.25, 0.3) is 0 Å². The van der Waals surface area contributed by atoms with Gasteiger partial charge in [0.2, 0.25) is 11.8 Å². The molecule has 0 spiro atoms. The number of carbonyl (C=O) groups is 2. The first-order valence-electron chi connectivity index (χ1n) is 8.80. The van der Waals surface area contributed by atoms with Gasteiger partial charge in [-0.15, -0.1) is 0 Å². The van der Waals surface area contributed by atoms with E-state index in [-0.39, 0.29) is 11.8 Å². The minimum atomic E-state index is -0.232. The SMILES string of the molecule is C=CC(=O)NCCC(=O)NCC(CCCC)CCCCCC. The van der Waals surface area contributed by atoms with Crippen molar-refractivity contribution in [3.05, 3.63) is 12.7 Å². The van der Waals surface area contributed by atoms with Crippen LogP contribution >= 0.6 is 0 Å². The zero-order valence-corrected chi connectivity index (χ0v) is 14.5. The minimum Gasteiger partial charge on any atom is -0.356 e. The molecule has 0 saturated carbocycles. The van der Waals surface area contributed by atoms with Crippen molar-refractivity contribution in [1.29, 1.82) is 0 Å². The molecule has 0 aliphatic rings. The van der Waals surface area contributed by atoms with E-state index in [0.29, 0.717) is 18.9 Å². The summed E-state index contributed by atoms with van der Waals surface area (Å²) in [5.41, 5.74) is 0. The molecule has 2 amide bonds. The van der Waals surface area contributed by atoms with Gasteiger partial charge in [0.1, 0.15) is 0 Å². The zero-order chi connectivity index (χ0) is 16.6. The summed E-state index contributed by atoms with van der Waals surface area (Å²) in [6, 6.07) is 0. The second kappa shape index (κ2) is 14.6. The highest BCUT2D eigenvalue weighted by atomic mass is 16.2. The second-order valence-corrected chi connectivity index (χ2v) is 5.91. The van der Waals surface area contributed by atoms with Crippen LogP contribution < -0.4 is 10.6 Å². The first-order valence-corrected chi connectivity index (χ1v) is 8.80. The Labute approximate surface area is 136 Å². The van der Waals surface area contributed by atoms with E-state index in [2.05, 4.69) is 31.1 Å². The quantitative estimate of drug-likeness (QED) is 0.380. The van der Waals surface area contributed by atoms with Crippen molar-refractivity contribution in [2.24, 2.45) is 5.92 Å². The molecule has 128 valence electrons. The molecule has 0 heterocycles. The van der Waals surface area contributed by atoms with Crippen LogP contribution in [0.15, 0.2) is 12.7 Å². The van der Waals surface area contributed by atoms with Crippen molar-refractivity contribution in [2.75, 3.05) is 13.1 Å². The molecular weight excluding hydrogens is 276 g/mol. The predicted molar refractivity (Wildman–Crippen MR) is 92.6 cm³/mol. The molecule has 0 aromatic carbocycles. The minimum absolute atomic E-state index is 0.0134. The molecular formula is C18H34N2O2. The van der Waals surface area contributed by atoms with Crippen LogP contribution in [0, 0.1) is 5.92 Å². The summed E-state index contributed by atoms with van der Waals surface area (Å²) in [6.45, 7) is 8.93. The third kappa shape index (κ3) is 12.4. The van der Waals surface area contributed by atoms with Gasteiger partial charge in [-0.1, -0.05) is 59.0 Å². The highest BCUT2D eigenvalue weighted by Gasteiger charge is 2.10. The van der Waals surface area contributed by atoms with Crippen LogP contribution in [0.3, 0.4) is 0 Å². The van der Waals surface area contributed by atoms with Crippen LogP contribution in [-0.4, -0.2) is 24.9 Å². The van der Waals surface area contributed by atoms with Gasteiger partial charge in [-0.05, 0) is 24.8 Å². The van der Waals surface area contributed by atoms with Crippen LogP contribution in [0.2, 0.25) is 0 Å². The van der Waals surface area contributed by atoms with Crippen molar-refractivity contribution < 1.29 is 9.59 Å². The summed E-state index contributed by atoms with van der Waals surface area (Å²) >= 11 is 0. The number of unbranched alkanes of at least 4 members (excludes halogenated alkanes) is 4. The number of amides is 2. The largest absolute Gasteiger partial charge is 0.356 e. The summed E-state index contributed by atoms with van der Waals surface area (Å²) in [5.74, 6) is 0.368. The van der Waals surface area contributed by atoms with E-state index in [1.54, 1.807) is 0 Å². The van der Waals surface area contributed by atoms with E-state index in [1.807, 2.05) is 0 Å². The van der Waals surface area contributed by atoms with Gasteiger partial charge >= 0.3 is 0 Å². The summed E-state index contributed by atoms with van der Waals surface area (Å²) in [6.07, 6.45) is 11.5. The van der Waals surface area contributed by atoms with Crippen molar-refractivity contribution in [1.82, 2.24) is 10.6 Å². The summed E-state index contributed by atoms with van der Waals surface area (Å²) < 4.78 is 0. The third-order valence-corrected chi connectivity index (χ3v) is 3.86. The molecule has 0 aromatic rings. The van der Waals surface area contributed by atoms with Crippen molar-refractivity contribution in [3.8, 4) is 0 Å². The number of hydrogen-bond acceptors (Lipinski definition) is 2. The average Bonchev–Trinajstić information content (AvgIpc) is 2.53. The van der Waals surface area contributed by atoms with Crippen molar-refractivity contribution in [2.45, 2.75) is 71.6 Å². The normalized spacial score (nSPS) is 11.7. The van der Waals surface area contributed by atoms with Crippen molar-refractivity contribution >= 4 is 11.8 Å². The highest BCUT2D eigenvalue weighted by Crippen LogP contribution is 2.16. The fraction of sp³-hybridized carbons (Fsp3) is 0.778. The molecule has 0 saturated heterocycles. The van der Waals surface area contributed by atoms with Gasteiger partial charge in [-0.3, -0.25) is 9.59 Å². The van der Waals surface area contributed by atoms with E-state index >= 15 is 0 Å². The van der Waals surface area contributed by atoms with Crippen LogP contribution in [0.25, 0.3) is 0 Å². The zero-order valence-electron chi connectivity index (χ0n) is 14.5. The maximum atomic E-state index is 11.8. The van der Waals surface area contributed by atoms with E-state index in [0.717, 1.165) is 6.54 Å². The lowest BCUT2D eigenvalue weighted by molar-refractivity contribution is -0.121. The molecule has 4 heteroatoms. The maximum absolute atomic E-state index is 11.8. The molecule has 0 rings (SSSR count). The monoisotopic (exact) mass is 310 g/mol. The lowest BCUT2D eigenvalue weighted by atomic mass is 9.95. The van der Waals surface area contributed by atoms with E-state index < -0.39 is 0 Å². The Morgan fingerprint density at radius 1 is 1.00 bits per heavy atom. The van der Waals surface area contributed by atoms with E-state index in [1.165, 1.54) is 57.4 Å². The number of hydrogen-bond donors (Lipinski definition) is 2. The van der Waals surface area contributed by atoms with Crippen LogP contribution in [0.5, 0.6) is 0 Å². The number of rotatable bonds is 14. The van der Waals surface area contributed by atoms with Crippen LogP contribution in [0.1, 0.15) is 71.6 Å². The van der Waals surface area contributed by atoms with Gasteiger partial charge in [0, 0.05) is 19.5 Å². The van der Waals surface area contributed by atoms with Gasteiger partial charge < -0.3 is 10.6 Å². The van der Waals surface area contributed by atoms with E-state index in [4.69, 9.17) is 0 Å². The standard InChI is InChI=1S/C18H34N2O2/c1-4-7-9-10-12-16(11-8-5-2)15-20-18(22)13-14-19-17(21)6-3/h6,16H,3-5,7-15H2,1-2H3,(H,19,21)(H,20,22). The lowest BCUT2D eigenvalue weighted by Crippen LogP contribution is -2.32. The molecule has 4 nitrogen and oxygen atoms in total. The van der Waals surface area contributed by atoms with Gasteiger partial charge in [-0.25, -0.2) is 0 Å². The van der Waals surface area contributed by atoms with Crippen molar-refractivity contribution in [3.63, 3.8) is 0 Å². The Morgan fingerprint density at radius 3 is 2.32 bits per heavy atom. The smallest absolute Gasteiger partial charge is 0.243 e. The Morgan fingerprint density at radius 2 is 1.68 bits per heavy atom. The van der Waals surface area contributed by atoms with Crippen LogP contribution in [0.4, 0.5) is 0 Å². The molecule has 1 atom stereocenters. The summed E-state index contributed by atoms with van der Waals surface area (Å²) in [4.78, 5) is 22.8. The molecule has 2 N–H and O–H groups in total. The fourth-order valence-electron chi connectivity index (χ4n) is 2.42. The second-order valence-electron chi connectivity index (χ2n) is 5.91. The molecule has 0 aliphatic heterocycles. The van der Waals surface area contributed by atoms with E-state index in [9.17, 15) is 9.59 Å². The Bertz CT molecular complexity index is 316. The van der Waals surface area contributed by atoms with Crippen LogP contribution in [-0.2, 0) is 9.59 Å².